The Labute approximate surface area is 91.3 Å². The number of halogens is 2. The number of hydrogen-bond acceptors (Lipinski definition) is 3. The van der Waals surface area contributed by atoms with Crippen molar-refractivity contribution in [3.8, 4) is 0 Å². The van der Waals surface area contributed by atoms with E-state index in [1.807, 2.05) is 4.90 Å². The van der Waals surface area contributed by atoms with Crippen LogP contribution in [-0.4, -0.2) is 23.1 Å². The van der Waals surface area contributed by atoms with Crippen LogP contribution in [0.4, 0.5) is 5.95 Å². The largest absolute Gasteiger partial charge is 0.341 e. The van der Waals surface area contributed by atoms with Crippen LogP contribution in [0.15, 0.2) is 10.7 Å². The van der Waals surface area contributed by atoms with Crippen molar-refractivity contribution in [1.82, 2.24) is 9.97 Å². The Bertz CT molecular complexity index is 289. The van der Waals surface area contributed by atoms with Crippen molar-refractivity contribution in [2.75, 3.05) is 18.0 Å². The Morgan fingerprint density at radius 2 is 2.08 bits per heavy atom. The van der Waals surface area contributed by atoms with E-state index in [2.05, 4.69) is 39.7 Å². The molecule has 0 aromatic carbocycles. The second-order valence-corrected chi connectivity index (χ2v) is 3.69. The Hall–Kier alpha value is -0.350. The van der Waals surface area contributed by atoms with Crippen LogP contribution in [0.5, 0.6) is 0 Å². The SMILES string of the molecule is CCN(CC)c1ncc(Br)c(Cl)n1. The third kappa shape index (κ3) is 2.54. The average molecular weight is 265 g/mol. The zero-order valence-electron chi connectivity index (χ0n) is 7.59. The summed E-state index contributed by atoms with van der Waals surface area (Å²) >= 11 is 9.09. The monoisotopic (exact) mass is 263 g/mol. The fraction of sp³-hybridized carbons (Fsp3) is 0.500. The molecule has 72 valence electrons. The summed E-state index contributed by atoms with van der Waals surface area (Å²) in [6.07, 6.45) is 1.67. The summed E-state index contributed by atoms with van der Waals surface area (Å²) in [5, 5.41) is 0.455. The minimum atomic E-state index is 0.455. The van der Waals surface area contributed by atoms with Crippen molar-refractivity contribution in [2.24, 2.45) is 0 Å². The van der Waals surface area contributed by atoms with Crippen LogP contribution in [-0.2, 0) is 0 Å². The Kier molecular flexibility index (Phi) is 3.93. The van der Waals surface area contributed by atoms with Gasteiger partial charge < -0.3 is 4.90 Å². The maximum Gasteiger partial charge on any atom is 0.226 e. The third-order valence-electron chi connectivity index (χ3n) is 1.73. The number of anilines is 1. The molecule has 0 N–H and O–H groups in total. The highest BCUT2D eigenvalue weighted by Gasteiger charge is 2.07. The topological polar surface area (TPSA) is 29.0 Å². The van der Waals surface area contributed by atoms with Crippen molar-refractivity contribution in [3.63, 3.8) is 0 Å². The van der Waals surface area contributed by atoms with Gasteiger partial charge in [-0.25, -0.2) is 4.98 Å². The van der Waals surface area contributed by atoms with E-state index in [1.165, 1.54) is 0 Å². The van der Waals surface area contributed by atoms with Crippen LogP contribution < -0.4 is 4.90 Å². The van der Waals surface area contributed by atoms with Gasteiger partial charge in [0.1, 0.15) is 5.15 Å². The lowest BCUT2D eigenvalue weighted by Crippen LogP contribution is -2.24. The fourth-order valence-corrected chi connectivity index (χ4v) is 1.31. The molecule has 1 aromatic heterocycles. The average Bonchev–Trinajstić information content (AvgIpc) is 2.13. The molecule has 1 heterocycles. The molecule has 5 heteroatoms. The molecule has 0 fully saturated rings. The van der Waals surface area contributed by atoms with Gasteiger partial charge in [0, 0.05) is 19.3 Å². The van der Waals surface area contributed by atoms with Crippen molar-refractivity contribution in [2.45, 2.75) is 13.8 Å². The van der Waals surface area contributed by atoms with Crippen molar-refractivity contribution in [1.29, 1.82) is 0 Å². The van der Waals surface area contributed by atoms with Gasteiger partial charge in [0.2, 0.25) is 5.95 Å². The highest BCUT2D eigenvalue weighted by Crippen LogP contribution is 2.20. The Morgan fingerprint density at radius 3 is 2.54 bits per heavy atom. The fourth-order valence-electron chi connectivity index (χ4n) is 0.997. The molecule has 0 unspecified atom stereocenters. The molecule has 0 aliphatic rings. The molecular formula is C8H11BrClN3. The quantitative estimate of drug-likeness (QED) is 0.786. The molecule has 1 rings (SSSR count). The van der Waals surface area contributed by atoms with Crippen molar-refractivity contribution >= 4 is 33.5 Å². The highest BCUT2D eigenvalue weighted by molar-refractivity contribution is 9.10. The predicted octanol–water partition coefficient (Wildman–Crippen LogP) is 2.74. The summed E-state index contributed by atoms with van der Waals surface area (Å²) in [6.45, 7) is 5.88. The number of rotatable bonds is 3. The molecular weight excluding hydrogens is 253 g/mol. The van der Waals surface area contributed by atoms with Gasteiger partial charge in [-0.15, -0.1) is 0 Å². The number of hydrogen-bond donors (Lipinski definition) is 0. The van der Waals surface area contributed by atoms with Crippen LogP contribution in [0.2, 0.25) is 5.15 Å². The number of aromatic nitrogens is 2. The van der Waals surface area contributed by atoms with E-state index >= 15 is 0 Å². The first-order chi connectivity index (χ1) is 6.19. The molecule has 0 atom stereocenters. The second-order valence-electron chi connectivity index (χ2n) is 2.48. The molecule has 0 amide bonds. The van der Waals surface area contributed by atoms with Gasteiger partial charge in [0.15, 0.2) is 0 Å². The maximum absolute atomic E-state index is 5.85. The minimum Gasteiger partial charge on any atom is -0.341 e. The van der Waals surface area contributed by atoms with E-state index in [0.717, 1.165) is 17.6 Å². The van der Waals surface area contributed by atoms with Crippen molar-refractivity contribution in [3.05, 3.63) is 15.8 Å². The standard InChI is InChI=1S/C8H11BrClN3/c1-3-13(4-2)8-11-5-6(9)7(10)12-8/h5H,3-4H2,1-2H3. The summed E-state index contributed by atoms with van der Waals surface area (Å²) in [4.78, 5) is 10.4. The summed E-state index contributed by atoms with van der Waals surface area (Å²) in [5.41, 5.74) is 0. The highest BCUT2D eigenvalue weighted by atomic mass is 79.9. The van der Waals surface area contributed by atoms with Gasteiger partial charge in [-0.1, -0.05) is 11.6 Å². The smallest absolute Gasteiger partial charge is 0.226 e. The summed E-state index contributed by atoms with van der Waals surface area (Å²) in [7, 11) is 0. The molecule has 0 radical (unpaired) electrons. The molecule has 0 bridgehead atoms. The zero-order valence-corrected chi connectivity index (χ0v) is 9.93. The van der Waals surface area contributed by atoms with Gasteiger partial charge in [-0.3, -0.25) is 0 Å². The van der Waals surface area contributed by atoms with Crippen molar-refractivity contribution < 1.29 is 0 Å². The van der Waals surface area contributed by atoms with E-state index in [0.29, 0.717) is 11.1 Å². The van der Waals surface area contributed by atoms with E-state index in [1.54, 1.807) is 6.20 Å². The molecule has 0 aliphatic carbocycles. The van der Waals surface area contributed by atoms with Gasteiger partial charge >= 0.3 is 0 Å². The van der Waals surface area contributed by atoms with Gasteiger partial charge in [0.25, 0.3) is 0 Å². The van der Waals surface area contributed by atoms with Gasteiger partial charge in [0.05, 0.1) is 4.47 Å². The van der Waals surface area contributed by atoms with Crippen LogP contribution in [0.1, 0.15) is 13.8 Å². The zero-order chi connectivity index (χ0) is 9.84. The summed E-state index contributed by atoms with van der Waals surface area (Å²) in [5.74, 6) is 0.679. The lowest BCUT2D eigenvalue weighted by Gasteiger charge is -2.18. The van der Waals surface area contributed by atoms with E-state index in [-0.39, 0.29) is 0 Å². The Balaban J connectivity index is 2.95. The third-order valence-corrected chi connectivity index (χ3v) is 2.83. The molecule has 0 aliphatic heterocycles. The molecule has 1 aromatic rings. The maximum atomic E-state index is 5.85. The summed E-state index contributed by atoms with van der Waals surface area (Å²) < 4.78 is 0.727. The predicted molar refractivity (Wildman–Crippen MR) is 58.3 cm³/mol. The molecule has 0 spiro atoms. The van der Waals surface area contributed by atoms with Gasteiger partial charge in [-0.2, -0.15) is 4.98 Å². The van der Waals surface area contributed by atoms with Crippen LogP contribution in [0.25, 0.3) is 0 Å². The lowest BCUT2D eigenvalue weighted by molar-refractivity contribution is 0.820. The van der Waals surface area contributed by atoms with E-state index in [4.69, 9.17) is 11.6 Å². The lowest BCUT2D eigenvalue weighted by atomic mass is 10.5. The second kappa shape index (κ2) is 4.77. The van der Waals surface area contributed by atoms with Crippen LogP contribution >= 0.6 is 27.5 Å². The molecule has 0 saturated heterocycles. The first-order valence-corrected chi connectivity index (χ1v) is 5.29. The van der Waals surface area contributed by atoms with Gasteiger partial charge in [-0.05, 0) is 29.8 Å². The molecule has 13 heavy (non-hydrogen) atoms. The molecule has 0 saturated carbocycles. The minimum absolute atomic E-state index is 0.455. The first-order valence-electron chi connectivity index (χ1n) is 4.12. The normalized spacial score (nSPS) is 10.2. The van der Waals surface area contributed by atoms with E-state index in [9.17, 15) is 0 Å². The summed E-state index contributed by atoms with van der Waals surface area (Å²) in [6, 6.07) is 0. The van der Waals surface area contributed by atoms with Crippen LogP contribution in [0, 0.1) is 0 Å². The number of nitrogens with zero attached hydrogens (tertiary/aromatic N) is 3. The van der Waals surface area contributed by atoms with Crippen LogP contribution in [0.3, 0.4) is 0 Å². The first kappa shape index (κ1) is 10.7. The van der Waals surface area contributed by atoms with E-state index < -0.39 is 0 Å². The Morgan fingerprint density at radius 1 is 1.46 bits per heavy atom. The molecule has 3 nitrogen and oxygen atoms in total.